The van der Waals surface area contributed by atoms with Gasteiger partial charge >= 0.3 is 0 Å². The molecule has 0 unspecified atom stereocenters. The van der Waals surface area contributed by atoms with Crippen molar-refractivity contribution in [3.8, 4) is 39.5 Å². The molecule has 0 atom stereocenters. The predicted octanol–water partition coefficient (Wildman–Crippen LogP) is 12.1. The van der Waals surface area contributed by atoms with E-state index in [4.69, 9.17) is 9.97 Å². The fourth-order valence-electron chi connectivity index (χ4n) is 7.15. The van der Waals surface area contributed by atoms with Gasteiger partial charge in [-0.2, -0.15) is 0 Å². The molecule has 0 bridgehead atoms. The lowest BCUT2D eigenvalue weighted by atomic mass is 9.98. The van der Waals surface area contributed by atoms with E-state index in [0.717, 1.165) is 44.4 Å². The average molecular weight is 630 g/mol. The van der Waals surface area contributed by atoms with Gasteiger partial charge in [0, 0.05) is 37.2 Å². The van der Waals surface area contributed by atoms with Gasteiger partial charge in [-0.3, -0.25) is 4.57 Å². The number of para-hydroxylation sites is 2. The van der Waals surface area contributed by atoms with Gasteiger partial charge in [0.15, 0.2) is 5.82 Å². The largest absolute Gasteiger partial charge is 0.293 e. The molecule has 0 amide bonds. The lowest BCUT2D eigenvalue weighted by molar-refractivity contribution is 1.08. The summed E-state index contributed by atoms with van der Waals surface area (Å²) in [4.78, 5) is 10.8. The molecule has 7 aromatic carbocycles. The zero-order chi connectivity index (χ0) is 31.6. The van der Waals surface area contributed by atoms with Gasteiger partial charge in [-0.1, -0.05) is 127 Å². The Hall–Kier alpha value is -6.10. The average Bonchev–Trinajstić information content (AvgIpc) is 3.71. The van der Waals surface area contributed by atoms with Crippen LogP contribution in [0.4, 0.5) is 0 Å². The molecular formula is C44H27N3S. The monoisotopic (exact) mass is 629 g/mol. The summed E-state index contributed by atoms with van der Waals surface area (Å²) in [5, 5.41) is 5.95. The number of hydrogen-bond donors (Lipinski definition) is 0. The second kappa shape index (κ2) is 10.7. The van der Waals surface area contributed by atoms with Gasteiger partial charge in [-0.25, -0.2) is 9.97 Å². The molecule has 0 fully saturated rings. The van der Waals surface area contributed by atoms with Crippen LogP contribution in [0.2, 0.25) is 0 Å². The summed E-state index contributed by atoms with van der Waals surface area (Å²) in [5.74, 6) is 1.61. The maximum atomic E-state index is 5.43. The Morgan fingerprint density at radius 3 is 1.67 bits per heavy atom. The van der Waals surface area contributed by atoms with E-state index in [2.05, 4.69) is 168 Å². The Labute approximate surface area is 281 Å². The minimum absolute atomic E-state index is 0.713. The molecule has 3 heterocycles. The van der Waals surface area contributed by atoms with Crippen molar-refractivity contribution in [3.05, 3.63) is 164 Å². The molecule has 48 heavy (non-hydrogen) atoms. The normalized spacial score (nSPS) is 11.8. The molecule has 0 N–H and O–H groups in total. The summed E-state index contributed by atoms with van der Waals surface area (Å²) in [6, 6.07) is 58.3. The van der Waals surface area contributed by atoms with Gasteiger partial charge in [0.25, 0.3) is 0 Å². The molecule has 10 aromatic rings. The number of nitrogens with zero attached hydrogens (tertiary/aromatic N) is 3. The third-order valence-electron chi connectivity index (χ3n) is 9.41. The molecule has 0 saturated carbocycles. The number of thiophene rings is 1. The summed E-state index contributed by atoms with van der Waals surface area (Å²) in [5.41, 5.74) is 8.92. The van der Waals surface area contributed by atoms with Crippen molar-refractivity contribution in [2.24, 2.45) is 0 Å². The van der Waals surface area contributed by atoms with E-state index in [1.54, 1.807) is 0 Å². The topological polar surface area (TPSA) is 30.7 Å². The molecule has 3 aromatic heterocycles. The number of fused-ring (bicyclic) bond motifs is 8. The Bertz CT molecular complexity index is 2790. The van der Waals surface area contributed by atoms with Crippen LogP contribution in [-0.2, 0) is 0 Å². The molecule has 0 radical (unpaired) electrons. The zero-order valence-corrected chi connectivity index (χ0v) is 26.7. The first kappa shape index (κ1) is 27.1. The third-order valence-corrected chi connectivity index (χ3v) is 10.6. The van der Waals surface area contributed by atoms with E-state index in [-0.39, 0.29) is 0 Å². The van der Waals surface area contributed by atoms with Gasteiger partial charge in [0.05, 0.1) is 21.3 Å². The van der Waals surface area contributed by atoms with Crippen LogP contribution < -0.4 is 0 Å². The Kier molecular flexibility index (Phi) is 6.05. The van der Waals surface area contributed by atoms with Crippen LogP contribution >= 0.6 is 11.3 Å². The Balaban J connectivity index is 1.25. The number of benzene rings is 7. The van der Waals surface area contributed by atoms with Crippen LogP contribution in [0.3, 0.4) is 0 Å². The van der Waals surface area contributed by atoms with Gasteiger partial charge in [0.2, 0.25) is 0 Å². The molecule has 0 aliphatic rings. The fraction of sp³-hybridized carbons (Fsp3) is 0. The molecule has 3 nitrogen and oxygen atoms in total. The van der Waals surface area contributed by atoms with E-state index in [1.807, 2.05) is 11.3 Å². The summed E-state index contributed by atoms with van der Waals surface area (Å²) in [6.45, 7) is 0. The van der Waals surface area contributed by atoms with Crippen LogP contribution in [-0.4, -0.2) is 14.5 Å². The maximum absolute atomic E-state index is 5.43. The molecule has 10 rings (SSSR count). The van der Waals surface area contributed by atoms with Crippen molar-refractivity contribution in [3.63, 3.8) is 0 Å². The molecule has 4 heteroatoms. The van der Waals surface area contributed by atoms with Gasteiger partial charge in [-0.05, 0) is 58.7 Å². The highest BCUT2D eigenvalue weighted by atomic mass is 32.1. The third kappa shape index (κ3) is 4.20. The molecule has 0 aliphatic carbocycles. The number of hydrogen-bond acceptors (Lipinski definition) is 3. The van der Waals surface area contributed by atoms with Crippen LogP contribution in [0, 0.1) is 0 Å². The highest BCUT2D eigenvalue weighted by molar-refractivity contribution is 7.26. The van der Waals surface area contributed by atoms with E-state index in [1.165, 1.54) is 42.1 Å². The van der Waals surface area contributed by atoms with Gasteiger partial charge in [-0.15, -0.1) is 11.3 Å². The first-order chi connectivity index (χ1) is 23.8. The summed E-state index contributed by atoms with van der Waals surface area (Å²) >= 11 is 1.81. The van der Waals surface area contributed by atoms with Crippen molar-refractivity contribution < 1.29 is 0 Å². The van der Waals surface area contributed by atoms with E-state index < -0.39 is 0 Å². The standard InChI is InChI=1S/C44H27N3S/c1-2-12-28(13-3-1)29-14-10-15-30(26-29)31-16-11-17-32(27-31)43-45-41-37(25-24-36-35-20-6-9-23-40(35)48-42(36)41)44(46-43)47-38-21-7-4-18-33(38)34-19-5-8-22-39(34)47/h1-27H. The predicted molar refractivity (Wildman–Crippen MR) is 203 cm³/mol. The van der Waals surface area contributed by atoms with Gasteiger partial charge < -0.3 is 0 Å². The van der Waals surface area contributed by atoms with Crippen LogP contribution in [0.25, 0.3) is 92.3 Å². The van der Waals surface area contributed by atoms with Crippen LogP contribution in [0.1, 0.15) is 0 Å². The quantitative estimate of drug-likeness (QED) is 0.194. The second-order valence-electron chi connectivity index (χ2n) is 12.2. The Morgan fingerprint density at radius 2 is 0.938 bits per heavy atom. The summed E-state index contributed by atoms with van der Waals surface area (Å²) in [6.07, 6.45) is 0. The number of aromatic nitrogens is 3. The maximum Gasteiger partial charge on any atom is 0.162 e. The fourth-order valence-corrected chi connectivity index (χ4v) is 8.35. The minimum Gasteiger partial charge on any atom is -0.293 e. The van der Waals surface area contributed by atoms with E-state index in [0.29, 0.717) is 5.82 Å². The van der Waals surface area contributed by atoms with E-state index >= 15 is 0 Å². The van der Waals surface area contributed by atoms with Crippen molar-refractivity contribution in [1.29, 1.82) is 0 Å². The molecule has 0 spiro atoms. The smallest absolute Gasteiger partial charge is 0.162 e. The SMILES string of the molecule is c1ccc(-c2cccc(-c3cccc(-c4nc(-n5c6ccccc6c6ccccc65)c5ccc6c7ccccc7sc6c5n4)c3)c2)cc1. The van der Waals surface area contributed by atoms with Crippen molar-refractivity contribution in [2.45, 2.75) is 0 Å². The molecule has 0 aliphatic heterocycles. The highest BCUT2D eigenvalue weighted by Gasteiger charge is 2.20. The minimum atomic E-state index is 0.713. The lowest BCUT2D eigenvalue weighted by Gasteiger charge is -2.14. The second-order valence-corrected chi connectivity index (χ2v) is 13.3. The van der Waals surface area contributed by atoms with Gasteiger partial charge in [0.1, 0.15) is 5.82 Å². The molecule has 0 saturated heterocycles. The first-order valence-corrected chi connectivity index (χ1v) is 17.0. The van der Waals surface area contributed by atoms with E-state index in [9.17, 15) is 0 Å². The zero-order valence-electron chi connectivity index (χ0n) is 25.8. The van der Waals surface area contributed by atoms with Crippen LogP contribution in [0.5, 0.6) is 0 Å². The Morgan fingerprint density at radius 1 is 0.396 bits per heavy atom. The first-order valence-electron chi connectivity index (χ1n) is 16.2. The van der Waals surface area contributed by atoms with Crippen LogP contribution in [0.15, 0.2) is 164 Å². The summed E-state index contributed by atoms with van der Waals surface area (Å²) < 4.78 is 4.77. The highest BCUT2D eigenvalue weighted by Crippen LogP contribution is 2.41. The van der Waals surface area contributed by atoms with Crippen molar-refractivity contribution in [1.82, 2.24) is 14.5 Å². The van der Waals surface area contributed by atoms with Crippen molar-refractivity contribution in [2.75, 3.05) is 0 Å². The number of rotatable bonds is 4. The lowest BCUT2D eigenvalue weighted by Crippen LogP contribution is -2.03. The molecule has 224 valence electrons. The van der Waals surface area contributed by atoms with Crippen molar-refractivity contribution >= 4 is 64.2 Å². The molecular weight excluding hydrogens is 603 g/mol. The summed E-state index contributed by atoms with van der Waals surface area (Å²) in [7, 11) is 0.